The Kier molecular flexibility index (Phi) is 48.4. The minimum absolute atomic E-state index is 0.0203. The Hall–Kier alpha value is -4.10. The molecule has 0 aromatic heterocycles. The Labute approximate surface area is 467 Å². The molecule has 0 radical (unpaired) electrons. The fraction of sp³-hybridized carbons (Fsp3) is 0.723. The van der Waals surface area contributed by atoms with E-state index in [0.717, 1.165) is 128 Å². The van der Waals surface area contributed by atoms with Crippen molar-refractivity contribution in [2.45, 2.75) is 289 Å². The summed E-state index contributed by atoms with van der Waals surface area (Å²) >= 11 is 0. The molecule has 6 atom stereocenters. The van der Waals surface area contributed by atoms with E-state index in [4.69, 9.17) is 23.7 Å². The van der Waals surface area contributed by atoms with Gasteiger partial charge in [-0.3, -0.25) is 14.4 Å². The molecule has 0 saturated carbocycles. The van der Waals surface area contributed by atoms with Crippen LogP contribution in [0.3, 0.4) is 0 Å². The van der Waals surface area contributed by atoms with Crippen molar-refractivity contribution in [1.29, 1.82) is 0 Å². The van der Waals surface area contributed by atoms with Gasteiger partial charge in [0, 0.05) is 19.3 Å². The van der Waals surface area contributed by atoms with Gasteiger partial charge in [-0.2, -0.15) is 0 Å². The van der Waals surface area contributed by atoms with Crippen LogP contribution >= 0.6 is 0 Å². The molecule has 1 heterocycles. The number of aliphatic hydroxyl groups is 2. The van der Waals surface area contributed by atoms with E-state index in [2.05, 4.69) is 106 Å². The molecule has 3 N–H and O–H groups in total. The first-order valence-corrected chi connectivity index (χ1v) is 30.6. The van der Waals surface area contributed by atoms with Gasteiger partial charge in [0.25, 0.3) is 0 Å². The summed E-state index contributed by atoms with van der Waals surface area (Å²) in [6.45, 7) is 5.82. The fourth-order valence-corrected chi connectivity index (χ4v) is 8.74. The highest BCUT2D eigenvalue weighted by Gasteiger charge is 2.50. The number of carbonyl (C=O) groups excluding carboxylic acids is 3. The second-order valence-electron chi connectivity index (χ2n) is 20.6. The number of rotatable bonds is 51. The summed E-state index contributed by atoms with van der Waals surface area (Å²) in [4.78, 5) is 51.2. The third kappa shape index (κ3) is 42.5. The Bertz CT molecular complexity index is 1660. The highest BCUT2D eigenvalue weighted by Crippen LogP contribution is 2.26. The minimum Gasteiger partial charge on any atom is -0.479 e. The molecule has 0 aliphatic carbocycles. The van der Waals surface area contributed by atoms with Crippen LogP contribution in [0.2, 0.25) is 0 Å². The number of hydrogen-bond donors (Lipinski definition) is 3. The molecule has 1 rings (SSSR count). The van der Waals surface area contributed by atoms with Crippen LogP contribution in [0.15, 0.2) is 85.1 Å². The molecule has 0 spiro atoms. The van der Waals surface area contributed by atoms with Crippen molar-refractivity contribution < 1.29 is 58.2 Å². The van der Waals surface area contributed by atoms with Gasteiger partial charge in [-0.05, 0) is 116 Å². The van der Waals surface area contributed by atoms with Gasteiger partial charge in [0.2, 0.25) is 0 Å². The van der Waals surface area contributed by atoms with E-state index in [1.165, 1.54) is 64.2 Å². The molecule has 1 aliphatic heterocycles. The van der Waals surface area contributed by atoms with Crippen LogP contribution in [0.4, 0.5) is 0 Å². The van der Waals surface area contributed by atoms with Gasteiger partial charge in [-0.25, -0.2) is 4.79 Å². The fourth-order valence-electron chi connectivity index (χ4n) is 8.74. The molecular formula is C65H108O12. The van der Waals surface area contributed by atoms with Gasteiger partial charge in [0.15, 0.2) is 24.6 Å². The lowest BCUT2D eigenvalue weighted by Gasteiger charge is -2.40. The number of carboxylic acid groups (broad SMARTS) is 1. The maximum Gasteiger partial charge on any atom is 0.335 e. The molecule has 6 unspecified atom stereocenters. The van der Waals surface area contributed by atoms with Gasteiger partial charge >= 0.3 is 23.9 Å². The zero-order valence-corrected chi connectivity index (χ0v) is 48.4. The molecule has 1 aliphatic rings. The molecule has 77 heavy (non-hydrogen) atoms. The highest BCUT2D eigenvalue weighted by molar-refractivity contribution is 5.74. The summed E-state index contributed by atoms with van der Waals surface area (Å²) in [6, 6.07) is 0. The smallest absolute Gasteiger partial charge is 0.335 e. The zero-order valence-electron chi connectivity index (χ0n) is 48.4. The van der Waals surface area contributed by atoms with E-state index < -0.39 is 67.3 Å². The number of hydrogen-bond acceptors (Lipinski definition) is 11. The highest BCUT2D eigenvalue weighted by atomic mass is 16.7. The second-order valence-corrected chi connectivity index (χ2v) is 20.6. The van der Waals surface area contributed by atoms with Crippen molar-refractivity contribution in [3.05, 3.63) is 85.1 Å². The normalized spacial score (nSPS) is 18.6. The quantitative estimate of drug-likeness (QED) is 0.0228. The third-order valence-electron chi connectivity index (χ3n) is 13.4. The number of esters is 3. The summed E-state index contributed by atoms with van der Waals surface area (Å²) in [5.74, 6) is -3.19. The van der Waals surface area contributed by atoms with Gasteiger partial charge in [-0.1, -0.05) is 202 Å². The number of unbranched alkanes of at least 4 members (excludes halogenated alkanes) is 23. The third-order valence-corrected chi connectivity index (χ3v) is 13.4. The van der Waals surface area contributed by atoms with Crippen molar-refractivity contribution in [2.75, 3.05) is 13.2 Å². The van der Waals surface area contributed by atoms with Crippen molar-refractivity contribution in [2.24, 2.45) is 0 Å². The summed E-state index contributed by atoms with van der Waals surface area (Å²) in [6.07, 6.45) is 55.5. The topological polar surface area (TPSA) is 175 Å². The van der Waals surface area contributed by atoms with Crippen LogP contribution in [-0.2, 0) is 42.9 Å². The van der Waals surface area contributed by atoms with Gasteiger partial charge in [0.1, 0.15) is 18.8 Å². The number of allylic oxidation sites excluding steroid dienone is 14. The minimum atomic E-state index is -1.92. The van der Waals surface area contributed by atoms with Crippen LogP contribution in [-0.4, -0.2) is 89.2 Å². The van der Waals surface area contributed by atoms with E-state index in [-0.39, 0.29) is 25.9 Å². The Morgan fingerprint density at radius 1 is 0.442 bits per heavy atom. The molecule has 0 bridgehead atoms. The average Bonchev–Trinajstić information content (AvgIpc) is 3.42. The Morgan fingerprint density at radius 2 is 0.818 bits per heavy atom. The standard InChI is InChI=1S/C65H108O12/c1-4-7-10-13-16-19-22-25-27-28-29-30-32-34-36-39-42-45-48-51-57(66)73-54-56(75-58(67)52-49-46-43-40-38-35-31-26-23-20-17-14-11-8-5-2)55-74-65-63(61(70)60(69)62(77-65)64(71)72)76-59(68)53-50-47-44-41-37-33-24-21-18-15-12-9-6-3/h9,12,16,18-19,21,25-27,29-31,33,37,56,60-63,65,69-70H,4-8,10-11,13-15,17,20,22-24,28,32,34-36,38-55H2,1-3H3,(H,71,72)/b12-9-,19-16-,21-18-,27-25-,30-29-,31-26-,37-33-. The largest absolute Gasteiger partial charge is 0.479 e. The molecule has 12 heteroatoms. The summed E-state index contributed by atoms with van der Waals surface area (Å²) in [5, 5.41) is 31.5. The van der Waals surface area contributed by atoms with Gasteiger partial charge < -0.3 is 39.0 Å². The molecule has 1 saturated heterocycles. The number of aliphatic hydroxyl groups excluding tert-OH is 2. The number of carbonyl (C=O) groups is 4. The number of ether oxygens (including phenoxy) is 5. The lowest BCUT2D eigenvalue weighted by Crippen LogP contribution is -2.61. The molecule has 0 aromatic rings. The van der Waals surface area contributed by atoms with E-state index in [9.17, 15) is 34.5 Å². The van der Waals surface area contributed by atoms with Crippen molar-refractivity contribution >= 4 is 23.9 Å². The van der Waals surface area contributed by atoms with Gasteiger partial charge in [0.05, 0.1) is 6.61 Å². The van der Waals surface area contributed by atoms with Crippen molar-refractivity contribution in [3.63, 3.8) is 0 Å². The lowest BCUT2D eigenvalue weighted by molar-refractivity contribution is -0.301. The molecular weight excluding hydrogens is 973 g/mol. The predicted octanol–water partition coefficient (Wildman–Crippen LogP) is 15.9. The van der Waals surface area contributed by atoms with Crippen LogP contribution < -0.4 is 0 Å². The second kappa shape index (κ2) is 52.6. The monoisotopic (exact) mass is 1080 g/mol. The maximum atomic E-state index is 13.2. The van der Waals surface area contributed by atoms with E-state index in [1.54, 1.807) is 0 Å². The Balaban J connectivity index is 2.70. The van der Waals surface area contributed by atoms with E-state index in [1.807, 2.05) is 0 Å². The molecule has 440 valence electrons. The average molecular weight is 1080 g/mol. The summed E-state index contributed by atoms with van der Waals surface area (Å²) in [7, 11) is 0. The first kappa shape index (κ1) is 70.9. The van der Waals surface area contributed by atoms with Crippen molar-refractivity contribution in [3.8, 4) is 0 Å². The van der Waals surface area contributed by atoms with E-state index >= 15 is 0 Å². The molecule has 0 amide bonds. The number of carboxylic acids is 1. The van der Waals surface area contributed by atoms with Crippen LogP contribution in [0, 0.1) is 0 Å². The van der Waals surface area contributed by atoms with Gasteiger partial charge in [-0.15, -0.1) is 0 Å². The van der Waals surface area contributed by atoms with Crippen LogP contribution in [0.1, 0.15) is 252 Å². The summed E-state index contributed by atoms with van der Waals surface area (Å²) < 4.78 is 28.4. The van der Waals surface area contributed by atoms with Crippen molar-refractivity contribution in [1.82, 2.24) is 0 Å². The lowest BCUT2D eigenvalue weighted by atomic mass is 9.98. The molecule has 1 fully saturated rings. The number of aliphatic carboxylic acids is 1. The maximum absolute atomic E-state index is 13.2. The Morgan fingerprint density at radius 3 is 1.30 bits per heavy atom. The van der Waals surface area contributed by atoms with Crippen LogP contribution in [0.5, 0.6) is 0 Å². The summed E-state index contributed by atoms with van der Waals surface area (Å²) in [5.41, 5.74) is 0. The SMILES string of the molecule is CC/C=C\C/C=C\C/C=C\CCCCCC(=O)OC1C(OCC(COC(=O)CCCCCCCC/C=C\C/C=C\C/C=C\CCCCC)OC(=O)CCCCCCC/C=C\CCCCCCCC)OC(C(=O)O)C(O)C1O. The zero-order chi connectivity index (χ0) is 56.1. The van der Waals surface area contributed by atoms with Crippen LogP contribution in [0.25, 0.3) is 0 Å². The molecule has 0 aromatic carbocycles. The first-order valence-electron chi connectivity index (χ1n) is 30.6. The first-order chi connectivity index (χ1) is 37.6. The van der Waals surface area contributed by atoms with E-state index in [0.29, 0.717) is 19.3 Å². The predicted molar refractivity (Wildman–Crippen MR) is 312 cm³/mol. The molecule has 12 nitrogen and oxygen atoms in total.